The van der Waals surface area contributed by atoms with Crippen LogP contribution in [0, 0.1) is 0 Å². The zero-order chi connectivity index (χ0) is 60.9. The largest absolute Gasteiger partial charge is 0.374 e. The Kier molecular flexibility index (Phi) is 22.4. The van der Waals surface area contributed by atoms with Gasteiger partial charge >= 0.3 is 0 Å². The Balaban J connectivity index is 0.000000117. The summed E-state index contributed by atoms with van der Waals surface area (Å²) >= 11 is 0. The molecular weight excluding hydrogens is 1060 g/mol. The summed E-state index contributed by atoms with van der Waals surface area (Å²) in [5, 5.41) is 1.31. The standard InChI is InChI=1S/C10H13N.2C10H11N.2C9H11N.C9H9N.2C8H9N.C5H7N/c3*1-11-8-4-6-9-5-2-3-7-10(9)11;1-10-6-8-4-2-3-5-9(8)7-10;2*1-10-7-6-8-4-2-3-5-9(8)10;2*1-9-6-5-7-3-2-4-8(7)9;1-6-4-2-3-5-6/h2-3,5,7H,4,6,8H2,1H3;2-5,7-8H,6H2,1H3;2-7H,8H2,1H3;2*2-5H,6-7H2,1H3;2-7H,1H3;2,4-6H,3H2,1H3;2-3,5-6H,4H2,1H3;2-5H,1H3. The van der Waals surface area contributed by atoms with Gasteiger partial charge in [-0.05, 0) is 156 Å². The van der Waals surface area contributed by atoms with Crippen LogP contribution in [0.1, 0.15) is 62.3 Å². The number of anilines is 4. The maximum Gasteiger partial charge on any atom is 0.0477 e. The average molecular weight is 1150 g/mol. The van der Waals surface area contributed by atoms with Gasteiger partial charge in [-0.3, -0.25) is 4.90 Å². The number of likely N-dealkylation sites (N-methyl/N-ethyl adjacent to an activating group) is 2. The van der Waals surface area contributed by atoms with E-state index in [0.717, 1.165) is 38.9 Å². The molecule has 0 radical (unpaired) electrons. The number of fused-ring (bicyclic) bond motifs is 8. The van der Waals surface area contributed by atoms with Crippen molar-refractivity contribution in [1.82, 2.24) is 23.2 Å². The molecule has 2 aliphatic carbocycles. The maximum atomic E-state index is 2.33. The minimum atomic E-state index is 1.02. The highest BCUT2D eigenvalue weighted by molar-refractivity contribution is 5.79. The van der Waals surface area contributed by atoms with Crippen LogP contribution in [0.25, 0.3) is 29.1 Å². The van der Waals surface area contributed by atoms with Gasteiger partial charge < -0.3 is 37.9 Å². The van der Waals surface area contributed by atoms with Gasteiger partial charge in [-0.25, -0.2) is 0 Å². The molecular formula is C78H91N9. The predicted octanol–water partition coefficient (Wildman–Crippen LogP) is 16.1. The Bertz CT molecular complexity index is 3840. The first kappa shape index (κ1) is 62.4. The van der Waals surface area contributed by atoms with Crippen LogP contribution in [0.5, 0.6) is 0 Å². The summed E-state index contributed by atoms with van der Waals surface area (Å²) in [6.07, 6.45) is 34.8. The Morgan fingerprint density at radius 2 is 0.897 bits per heavy atom. The van der Waals surface area contributed by atoms with Crippen LogP contribution in [-0.4, -0.2) is 78.0 Å². The fraction of sp³-hybridized carbons (Fsp3) is 0.256. The van der Waals surface area contributed by atoms with Gasteiger partial charge in [0.05, 0.1) is 0 Å². The van der Waals surface area contributed by atoms with E-state index in [0.29, 0.717) is 0 Å². The third-order valence-electron chi connectivity index (χ3n) is 16.7. The number of rotatable bonds is 0. The molecule has 0 bridgehead atoms. The zero-order valence-electron chi connectivity index (χ0n) is 53.1. The van der Waals surface area contributed by atoms with Crippen molar-refractivity contribution in [3.05, 3.63) is 293 Å². The summed E-state index contributed by atoms with van der Waals surface area (Å²) in [5.41, 5.74) is 21.1. The Morgan fingerprint density at radius 1 is 0.345 bits per heavy atom. The number of aromatic nitrogens is 4. The number of hydrogen-bond donors (Lipinski definition) is 0. The number of allylic oxidation sites excluding steroid dienone is 3. The molecule has 17 rings (SSSR count). The number of benzene rings is 6. The van der Waals surface area contributed by atoms with Crippen molar-refractivity contribution in [3.63, 3.8) is 0 Å². The molecule has 0 saturated heterocycles. The molecule has 9 heterocycles. The second-order valence-electron chi connectivity index (χ2n) is 23.3. The van der Waals surface area contributed by atoms with Gasteiger partial charge in [-0.1, -0.05) is 152 Å². The number of nitrogens with zero attached hydrogens (tertiary/aromatic N) is 9. The third kappa shape index (κ3) is 17.3. The number of aryl methyl sites for hydroxylation is 5. The van der Waals surface area contributed by atoms with Gasteiger partial charge in [0, 0.05) is 172 Å². The lowest BCUT2D eigenvalue weighted by Gasteiger charge is -2.26. The fourth-order valence-electron chi connectivity index (χ4n) is 11.8. The van der Waals surface area contributed by atoms with E-state index in [1.807, 2.05) is 36.1 Å². The summed E-state index contributed by atoms with van der Waals surface area (Å²) in [4.78, 5) is 11.4. The Morgan fingerprint density at radius 3 is 1.53 bits per heavy atom. The second kappa shape index (κ2) is 31.3. The highest BCUT2D eigenvalue weighted by atomic mass is 15.1. The molecule has 0 fully saturated rings. The van der Waals surface area contributed by atoms with Crippen LogP contribution >= 0.6 is 0 Å². The van der Waals surface area contributed by atoms with E-state index < -0.39 is 0 Å². The molecule has 0 saturated carbocycles. The van der Waals surface area contributed by atoms with Crippen LogP contribution in [-0.2, 0) is 73.4 Å². The van der Waals surface area contributed by atoms with Crippen molar-refractivity contribution in [2.45, 2.75) is 51.6 Å². The minimum absolute atomic E-state index is 1.02. The van der Waals surface area contributed by atoms with Crippen LogP contribution in [0.15, 0.2) is 237 Å². The molecule has 0 spiro atoms. The van der Waals surface area contributed by atoms with E-state index in [4.69, 9.17) is 0 Å². The topological polar surface area (TPSA) is 35.9 Å². The second-order valence-corrected chi connectivity index (χ2v) is 23.3. The molecule has 448 valence electrons. The number of hydrogen-bond acceptors (Lipinski definition) is 5. The smallest absolute Gasteiger partial charge is 0.0477 e. The van der Waals surface area contributed by atoms with Gasteiger partial charge in [0.2, 0.25) is 0 Å². The van der Waals surface area contributed by atoms with Crippen LogP contribution < -0.4 is 19.6 Å². The van der Waals surface area contributed by atoms with Crippen LogP contribution in [0.4, 0.5) is 22.7 Å². The van der Waals surface area contributed by atoms with E-state index in [1.54, 1.807) is 0 Å². The van der Waals surface area contributed by atoms with Crippen molar-refractivity contribution >= 4 is 51.9 Å². The average Bonchev–Trinajstić information content (AvgIpc) is 4.61. The molecule has 0 N–H and O–H groups in total. The summed E-state index contributed by atoms with van der Waals surface area (Å²) in [6.45, 7) is 5.65. The SMILES string of the molecule is CN1C=CCc2ccccc21.CN1CC=Cc2ccccc21.CN1CCCc2ccccc21.CN1CCc2ccccc21.CN1Cc2ccccc2C1.Cn1ccc2c1C=CC2.Cn1ccc2c1CC=C2.Cn1ccc2ccccc21.Cn1cccc1. The molecule has 10 aromatic rings. The van der Waals surface area contributed by atoms with Gasteiger partial charge in [0.15, 0.2) is 0 Å². The van der Waals surface area contributed by atoms with Crippen molar-refractivity contribution in [2.24, 2.45) is 28.2 Å². The van der Waals surface area contributed by atoms with Crippen molar-refractivity contribution in [2.75, 3.05) is 74.5 Å². The predicted molar refractivity (Wildman–Crippen MR) is 374 cm³/mol. The fourth-order valence-corrected chi connectivity index (χ4v) is 11.8. The maximum absolute atomic E-state index is 2.33. The molecule has 4 aromatic heterocycles. The molecule has 0 unspecified atom stereocenters. The van der Waals surface area contributed by atoms with Gasteiger partial charge in [-0.15, -0.1) is 0 Å². The van der Waals surface area contributed by atoms with E-state index in [1.165, 1.54) is 122 Å². The summed E-state index contributed by atoms with van der Waals surface area (Å²) in [6, 6.07) is 61.6. The van der Waals surface area contributed by atoms with E-state index in [-0.39, 0.29) is 0 Å². The van der Waals surface area contributed by atoms with Crippen molar-refractivity contribution < 1.29 is 0 Å². The monoisotopic (exact) mass is 1150 g/mol. The molecule has 9 heteroatoms. The minimum Gasteiger partial charge on any atom is -0.374 e. The van der Waals surface area contributed by atoms with Crippen molar-refractivity contribution in [1.29, 1.82) is 0 Å². The molecule has 0 amide bonds. The first-order valence-corrected chi connectivity index (χ1v) is 30.9. The Labute approximate surface area is 520 Å². The zero-order valence-corrected chi connectivity index (χ0v) is 53.1. The van der Waals surface area contributed by atoms with E-state index in [9.17, 15) is 0 Å². The molecule has 7 aliphatic rings. The molecule has 87 heavy (non-hydrogen) atoms. The van der Waals surface area contributed by atoms with Crippen LogP contribution in [0.2, 0.25) is 0 Å². The third-order valence-corrected chi connectivity index (χ3v) is 16.7. The summed E-state index contributed by atoms with van der Waals surface area (Å²) in [7, 11) is 18.9. The summed E-state index contributed by atoms with van der Waals surface area (Å²) in [5.74, 6) is 0. The first-order valence-electron chi connectivity index (χ1n) is 30.9. The molecule has 6 aromatic carbocycles. The first-order chi connectivity index (χ1) is 42.4. The number of para-hydroxylation sites is 5. The van der Waals surface area contributed by atoms with Crippen LogP contribution in [0.3, 0.4) is 0 Å². The lowest BCUT2D eigenvalue weighted by molar-refractivity contribution is 0.353. The van der Waals surface area contributed by atoms with Crippen molar-refractivity contribution in [3.8, 4) is 0 Å². The highest BCUT2D eigenvalue weighted by Crippen LogP contribution is 2.28. The van der Waals surface area contributed by atoms with E-state index >= 15 is 0 Å². The quantitative estimate of drug-likeness (QED) is 0.151. The molecule has 9 nitrogen and oxygen atoms in total. The van der Waals surface area contributed by atoms with Gasteiger partial charge in [0.1, 0.15) is 0 Å². The molecule has 0 atom stereocenters. The lowest BCUT2D eigenvalue weighted by Crippen LogP contribution is -2.24. The molecule has 5 aliphatic heterocycles. The normalized spacial score (nSPS) is 14.4. The summed E-state index contributed by atoms with van der Waals surface area (Å²) < 4.78 is 8.45. The van der Waals surface area contributed by atoms with E-state index in [2.05, 4.69) is 326 Å². The Hall–Kier alpha value is -9.18. The van der Waals surface area contributed by atoms with Gasteiger partial charge in [-0.2, -0.15) is 0 Å². The highest BCUT2D eigenvalue weighted by Gasteiger charge is 2.15. The van der Waals surface area contributed by atoms with Gasteiger partial charge in [0.25, 0.3) is 0 Å². The lowest BCUT2D eigenvalue weighted by atomic mass is 10.0.